The van der Waals surface area contributed by atoms with E-state index in [-0.39, 0.29) is 10.8 Å². The largest absolute Gasteiger partial charge is 0.492 e. The molecule has 35 heavy (non-hydrogen) atoms. The molecule has 0 aliphatic carbocycles. The first-order valence-electron chi connectivity index (χ1n) is 11.9. The number of ether oxygens (including phenoxy) is 1. The summed E-state index contributed by atoms with van der Waals surface area (Å²) in [4.78, 5) is 17.9. The van der Waals surface area contributed by atoms with Crippen molar-refractivity contribution in [3.63, 3.8) is 0 Å². The molecular weight excluding hydrogens is 466 g/mol. The molecule has 9 nitrogen and oxygen atoms in total. The Bertz CT molecular complexity index is 1280. The third-order valence-electron chi connectivity index (χ3n) is 5.92. The predicted molar refractivity (Wildman–Crippen MR) is 134 cm³/mol. The van der Waals surface area contributed by atoms with Crippen LogP contribution in [-0.2, 0) is 10.0 Å². The zero-order chi connectivity index (χ0) is 25.0. The van der Waals surface area contributed by atoms with Crippen molar-refractivity contribution in [1.29, 1.82) is 0 Å². The number of pyridine rings is 1. The Hall–Kier alpha value is -3.24. The average Bonchev–Trinajstić information content (AvgIpc) is 3.32. The van der Waals surface area contributed by atoms with E-state index in [4.69, 9.17) is 4.74 Å². The Kier molecular flexibility index (Phi) is 7.51. The van der Waals surface area contributed by atoms with E-state index >= 15 is 0 Å². The molecule has 0 spiro atoms. The fourth-order valence-electron chi connectivity index (χ4n) is 4.24. The summed E-state index contributed by atoms with van der Waals surface area (Å²) >= 11 is 0. The van der Waals surface area contributed by atoms with Crippen LogP contribution in [0.1, 0.15) is 62.0 Å². The number of amides is 1. The third-order valence-corrected chi connectivity index (χ3v) is 7.81. The SMILES string of the molecule is CCOc1ccc(S(=O)(=O)N2CCCCC2)cc1NC(=O)c1cnn(-c2ccccn2)c1C(C)C. The molecule has 3 aromatic rings. The minimum Gasteiger partial charge on any atom is -0.492 e. The van der Waals surface area contributed by atoms with Gasteiger partial charge in [0.25, 0.3) is 5.91 Å². The second-order valence-corrected chi connectivity index (χ2v) is 10.6. The Balaban J connectivity index is 1.68. The first-order chi connectivity index (χ1) is 16.8. The van der Waals surface area contributed by atoms with Crippen LogP contribution in [0, 0.1) is 0 Å². The van der Waals surface area contributed by atoms with Crippen LogP contribution in [0.25, 0.3) is 5.82 Å². The first kappa shape index (κ1) is 24.9. The molecular formula is C25H31N5O4S. The zero-order valence-corrected chi connectivity index (χ0v) is 21.1. The number of hydrogen-bond donors (Lipinski definition) is 1. The molecule has 1 saturated heterocycles. The molecule has 1 N–H and O–H groups in total. The number of piperidine rings is 1. The van der Waals surface area contributed by atoms with Crippen LogP contribution in [0.2, 0.25) is 0 Å². The fourth-order valence-corrected chi connectivity index (χ4v) is 5.79. The van der Waals surface area contributed by atoms with Gasteiger partial charge >= 0.3 is 0 Å². The molecule has 1 aromatic carbocycles. The lowest BCUT2D eigenvalue weighted by molar-refractivity contribution is 0.102. The molecule has 0 saturated carbocycles. The predicted octanol–water partition coefficient (Wildman–Crippen LogP) is 4.22. The summed E-state index contributed by atoms with van der Waals surface area (Å²) < 4.78 is 35.3. The number of nitrogens with one attached hydrogen (secondary N) is 1. The maximum absolute atomic E-state index is 13.4. The summed E-state index contributed by atoms with van der Waals surface area (Å²) in [5.41, 5.74) is 1.39. The molecule has 0 unspecified atom stereocenters. The minimum atomic E-state index is -3.67. The molecule has 1 aliphatic heterocycles. The number of anilines is 1. The Morgan fingerprint density at radius 1 is 1.14 bits per heavy atom. The van der Waals surface area contributed by atoms with Crippen molar-refractivity contribution in [3.05, 3.63) is 60.0 Å². The number of carbonyl (C=O) groups excluding carboxylic acids is 1. The number of hydrogen-bond acceptors (Lipinski definition) is 6. The van der Waals surface area contributed by atoms with Gasteiger partial charge in [-0.2, -0.15) is 9.40 Å². The van der Waals surface area contributed by atoms with Crippen molar-refractivity contribution in [2.24, 2.45) is 0 Å². The molecule has 1 aliphatic rings. The maximum Gasteiger partial charge on any atom is 0.259 e. The van der Waals surface area contributed by atoms with Gasteiger partial charge in [0.1, 0.15) is 5.75 Å². The standard InChI is InChI=1S/C25H31N5O4S/c1-4-34-22-12-11-19(35(32,33)29-14-8-5-9-15-29)16-21(22)28-25(31)20-17-27-30(24(20)18(2)3)23-10-6-7-13-26-23/h6-7,10-13,16-18H,4-5,8-9,14-15H2,1-3H3,(H,28,31). The normalized spacial score (nSPS) is 14.7. The van der Waals surface area contributed by atoms with Gasteiger partial charge in [0.15, 0.2) is 5.82 Å². The van der Waals surface area contributed by atoms with Gasteiger partial charge < -0.3 is 10.1 Å². The Morgan fingerprint density at radius 2 is 1.91 bits per heavy atom. The Morgan fingerprint density at radius 3 is 2.57 bits per heavy atom. The number of sulfonamides is 1. The van der Waals surface area contributed by atoms with Crippen LogP contribution >= 0.6 is 0 Å². The second-order valence-electron chi connectivity index (χ2n) is 8.71. The van der Waals surface area contributed by atoms with E-state index in [0.29, 0.717) is 48.2 Å². The van der Waals surface area contributed by atoms with Crippen LogP contribution in [-0.4, -0.2) is 53.1 Å². The summed E-state index contributed by atoms with van der Waals surface area (Å²) in [6.07, 6.45) is 5.90. The summed E-state index contributed by atoms with van der Waals surface area (Å²) in [6.45, 7) is 7.16. The van der Waals surface area contributed by atoms with Crippen LogP contribution < -0.4 is 10.1 Å². The van der Waals surface area contributed by atoms with Crippen LogP contribution in [0.4, 0.5) is 5.69 Å². The second kappa shape index (κ2) is 10.6. The molecule has 186 valence electrons. The van der Waals surface area contributed by atoms with Gasteiger partial charge in [0, 0.05) is 19.3 Å². The van der Waals surface area contributed by atoms with Crippen LogP contribution in [0.15, 0.2) is 53.7 Å². The van der Waals surface area contributed by atoms with Crippen molar-refractivity contribution < 1.29 is 17.9 Å². The highest BCUT2D eigenvalue weighted by molar-refractivity contribution is 7.89. The molecule has 4 rings (SSSR count). The van der Waals surface area contributed by atoms with Gasteiger partial charge in [-0.15, -0.1) is 0 Å². The lowest BCUT2D eigenvalue weighted by Gasteiger charge is -2.26. The number of carbonyl (C=O) groups is 1. The molecule has 0 bridgehead atoms. The first-order valence-corrected chi connectivity index (χ1v) is 13.3. The van der Waals surface area contributed by atoms with E-state index in [1.54, 1.807) is 16.9 Å². The summed E-state index contributed by atoms with van der Waals surface area (Å²) in [5, 5.41) is 7.27. The molecule has 3 heterocycles. The van der Waals surface area contributed by atoms with Crippen molar-refractivity contribution in [2.75, 3.05) is 25.0 Å². The summed E-state index contributed by atoms with van der Waals surface area (Å²) in [6, 6.07) is 10.1. The lowest BCUT2D eigenvalue weighted by atomic mass is 10.1. The highest BCUT2D eigenvalue weighted by atomic mass is 32.2. The van der Waals surface area contributed by atoms with Crippen LogP contribution in [0.5, 0.6) is 5.75 Å². The van der Waals surface area contributed by atoms with Gasteiger partial charge in [-0.3, -0.25) is 4.79 Å². The summed E-state index contributed by atoms with van der Waals surface area (Å²) in [7, 11) is -3.67. The third kappa shape index (κ3) is 5.23. The number of aromatic nitrogens is 3. The van der Waals surface area contributed by atoms with E-state index in [1.165, 1.54) is 22.6 Å². The van der Waals surface area contributed by atoms with Gasteiger partial charge in [0.2, 0.25) is 10.0 Å². The average molecular weight is 498 g/mol. The molecule has 2 aromatic heterocycles. The van der Waals surface area contributed by atoms with Crippen LogP contribution in [0.3, 0.4) is 0 Å². The van der Waals surface area contributed by atoms with Gasteiger partial charge in [0.05, 0.1) is 34.6 Å². The van der Waals surface area contributed by atoms with E-state index in [9.17, 15) is 13.2 Å². The molecule has 1 amide bonds. The number of nitrogens with zero attached hydrogens (tertiary/aromatic N) is 4. The molecule has 1 fully saturated rings. The van der Waals surface area contributed by atoms with E-state index in [1.807, 2.05) is 39.0 Å². The number of rotatable bonds is 8. The van der Waals surface area contributed by atoms with Crippen molar-refractivity contribution in [2.45, 2.75) is 50.8 Å². The fraction of sp³-hybridized carbons (Fsp3) is 0.400. The zero-order valence-electron chi connectivity index (χ0n) is 20.3. The molecule has 0 radical (unpaired) electrons. The van der Waals surface area contributed by atoms with E-state index in [0.717, 1.165) is 19.3 Å². The van der Waals surface area contributed by atoms with E-state index in [2.05, 4.69) is 15.4 Å². The van der Waals surface area contributed by atoms with Crippen molar-refractivity contribution in [3.8, 4) is 11.6 Å². The molecule has 0 atom stereocenters. The van der Waals surface area contributed by atoms with Gasteiger partial charge in [-0.05, 0) is 56.0 Å². The van der Waals surface area contributed by atoms with Crippen molar-refractivity contribution in [1.82, 2.24) is 19.1 Å². The smallest absolute Gasteiger partial charge is 0.259 e. The topological polar surface area (TPSA) is 106 Å². The Labute approximate surface area is 206 Å². The monoisotopic (exact) mass is 497 g/mol. The lowest BCUT2D eigenvalue weighted by Crippen LogP contribution is -2.35. The highest BCUT2D eigenvalue weighted by Gasteiger charge is 2.28. The molecule has 10 heteroatoms. The minimum absolute atomic E-state index is 0.0163. The van der Waals surface area contributed by atoms with Gasteiger partial charge in [-0.25, -0.2) is 18.1 Å². The number of benzene rings is 1. The van der Waals surface area contributed by atoms with Crippen molar-refractivity contribution >= 4 is 21.6 Å². The summed E-state index contributed by atoms with van der Waals surface area (Å²) in [5.74, 6) is 0.600. The van der Waals surface area contributed by atoms with Gasteiger partial charge in [-0.1, -0.05) is 26.3 Å². The maximum atomic E-state index is 13.4. The van der Waals surface area contributed by atoms with E-state index < -0.39 is 15.9 Å². The highest BCUT2D eigenvalue weighted by Crippen LogP contribution is 2.31. The quantitative estimate of drug-likeness (QED) is 0.500.